The molecule has 5 heteroatoms. The van der Waals surface area contributed by atoms with Crippen molar-refractivity contribution in [2.45, 2.75) is 19.8 Å². The Morgan fingerprint density at radius 1 is 1.47 bits per heavy atom. The van der Waals surface area contributed by atoms with Crippen molar-refractivity contribution in [3.63, 3.8) is 0 Å². The van der Waals surface area contributed by atoms with E-state index in [-0.39, 0.29) is 5.57 Å². The van der Waals surface area contributed by atoms with Gasteiger partial charge in [-0.25, -0.2) is 4.79 Å². The van der Waals surface area contributed by atoms with Crippen LogP contribution in [0.2, 0.25) is 10.0 Å². The third-order valence-electron chi connectivity index (χ3n) is 2.35. The summed E-state index contributed by atoms with van der Waals surface area (Å²) in [5.74, 6) is -0.646. The number of halogens is 2. The number of hydrogen-bond donors (Lipinski definition) is 0. The summed E-state index contributed by atoms with van der Waals surface area (Å²) in [6.45, 7) is 2.29. The van der Waals surface area contributed by atoms with Crippen LogP contribution in [0, 0.1) is 11.3 Å². The van der Waals surface area contributed by atoms with Gasteiger partial charge in [0.25, 0.3) is 0 Å². The van der Waals surface area contributed by atoms with Crippen LogP contribution in [0.15, 0.2) is 23.8 Å². The van der Waals surface area contributed by atoms with Crippen molar-refractivity contribution >= 4 is 35.2 Å². The zero-order valence-electron chi connectivity index (χ0n) is 10.5. The van der Waals surface area contributed by atoms with Gasteiger partial charge < -0.3 is 4.74 Å². The third-order valence-corrected chi connectivity index (χ3v) is 3.19. The second-order valence-corrected chi connectivity index (χ2v) is 4.59. The number of carbonyl (C=O) groups excluding carboxylic acids is 1. The van der Waals surface area contributed by atoms with Gasteiger partial charge >= 0.3 is 5.97 Å². The predicted molar refractivity (Wildman–Crippen MR) is 75.9 cm³/mol. The number of hydrogen-bond acceptors (Lipinski definition) is 3. The van der Waals surface area contributed by atoms with Crippen LogP contribution in [0.5, 0.6) is 0 Å². The van der Waals surface area contributed by atoms with E-state index in [1.165, 1.54) is 6.08 Å². The minimum Gasteiger partial charge on any atom is -0.462 e. The molecule has 0 aliphatic rings. The average Bonchev–Trinajstić information content (AvgIpc) is 2.40. The van der Waals surface area contributed by atoms with E-state index < -0.39 is 5.97 Å². The van der Waals surface area contributed by atoms with Crippen LogP contribution in [-0.2, 0) is 9.53 Å². The second-order valence-electron chi connectivity index (χ2n) is 3.80. The molecular formula is C14H13Cl2NO2. The van der Waals surface area contributed by atoms with Crippen LogP contribution in [0.3, 0.4) is 0 Å². The van der Waals surface area contributed by atoms with Crippen LogP contribution in [-0.4, -0.2) is 12.6 Å². The number of unbranched alkanes of at least 4 members (excludes halogenated alkanes) is 1. The number of rotatable bonds is 5. The molecule has 0 radical (unpaired) electrons. The van der Waals surface area contributed by atoms with Gasteiger partial charge in [0.05, 0.1) is 16.7 Å². The molecule has 0 amide bonds. The molecule has 0 N–H and O–H groups in total. The molecule has 0 atom stereocenters. The van der Waals surface area contributed by atoms with Crippen LogP contribution >= 0.6 is 23.2 Å². The van der Waals surface area contributed by atoms with Gasteiger partial charge in [0.2, 0.25) is 0 Å². The third kappa shape index (κ3) is 4.59. The molecular weight excluding hydrogens is 285 g/mol. The van der Waals surface area contributed by atoms with E-state index in [1.807, 2.05) is 13.0 Å². The highest BCUT2D eigenvalue weighted by Crippen LogP contribution is 2.27. The van der Waals surface area contributed by atoms with E-state index in [1.54, 1.807) is 18.2 Å². The first-order valence-corrected chi connectivity index (χ1v) is 6.58. The Balaban J connectivity index is 2.90. The first kappa shape index (κ1) is 15.6. The van der Waals surface area contributed by atoms with Crippen molar-refractivity contribution in [1.29, 1.82) is 5.26 Å². The van der Waals surface area contributed by atoms with Crippen molar-refractivity contribution in [2.24, 2.45) is 0 Å². The number of benzene rings is 1. The van der Waals surface area contributed by atoms with E-state index in [4.69, 9.17) is 33.2 Å². The van der Waals surface area contributed by atoms with E-state index in [0.717, 1.165) is 12.8 Å². The molecule has 19 heavy (non-hydrogen) atoms. The SMILES string of the molecule is CCCCOC(=O)C(C#N)=Cc1cccc(Cl)c1Cl. The number of carbonyl (C=O) groups is 1. The molecule has 1 aromatic carbocycles. The monoisotopic (exact) mass is 297 g/mol. The summed E-state index contributed by atoms with van der Waals surface area (Å²) >= 11 is 11.8. The smallest absolute Gasteiger partial charge is 0.348 e. The van der Waals surface area contributed by atoms with Gasteiger partial charge in [0.1, 0.15) is 11.6 Å². The molecule has 0 spiro atoms. The molecule has 0 heterocycles. The molecule has 0 saturated heterocycles. The van der Waals surface area contributed by atoms with Gasteiger partial charge in [-0.2, -0.15) is 5.26 Å². The van der Waals surface area contributed by atoms with E-state index in [2.05, 4.69) is 0 Å². The van der Waals surface area contributed by atoms with Crippen molar-refractivity contribution in [2.75, 3.05) is 6.61 Å². The Kier molecular flexibility index (Phi) is 6.41. The standard InChI is InChI=1S/C14H13Cl2NO2/c1-2-3-7-19-14(18)11(9-17)8-10-5-4-6-12(15)13(10)16/h4-6,8H,2-3,7H2,1H3. The summed E-state index contributed by atoms with van der Waals surface area (Å²) in [5.41, 5.74) is 0.415. The summed E-state index contributed by atoms with van der Waals surface area (Å²) in [6, 6.07) is 6.80. The quantitative estimate of drug-likeness (QED) is 0.353. The largest absolute Gasteiger partial charge is 0.462 e. The van der Waals surface area contributed by atoms with Gasteiger partial charge in [-0.1, -0.05) is 48.7 Å². The Labute approximate surface area is 122 Å². The topological polar surface area (TPSA) is 50.1 Å². The molecule has 1 rings (SSSR count). The van der Waals surface area contributed by atoms with Gasteiger partial charge in [-0.05, 0) is 24.1 Å². The Morgan fingerprint density at radius 2 is 2.21 bits per heavy atom. The minimum atomic E-state index is -0.646. The van der Waals surface area contributed by atoms with Gasteiger partial charge in [0.15, 0.2) is 0 Å². The fourth-order valence-corrected chi connectivity index (χ4v) is 1.67. The maximum Gasteiger partial charge on any atom is 0.348 e. The zero-order valence-corrected chi connectivity index (χ0v) is 12.0. The van der Waals surface area contributed by atoms with E-state index in [9.17, 15) is 4.79 Å². The van der Waals surface area contributed by atoms with E-state index in [0.29, 0.717) is 22.2 Å². The molecule has 0 bridgehead atoms. The van der Waals surface area contributed by atoms with Crippen LogP contribution in [0.25, 0.3) is 6.08 Å². The summed E-state index contributed by atoms with van der Waals surface area (Å²) in [6.07, 6.45) is 3.06. The lowest BCUT2D eigenvalue weighted by molar-refractivity contribution is -0.138. The highest BCUT2D eigenvalue weighted by Gasteiger charge is 2.12. The second kappa shape index (κ2) is 7.83. The van der Waals surface area contributed by atoms with Crippen molar-refractivity contribution in [1.82, 2.24) is 0 Å². The van der Waals surface area contributed by atoms with Crippen molar-refractivity contribution in [3.8, 4) is 6.07 Å². The molecule has 0 fully saturated rings. The van der Waals surface area contributed by atoms with Crippen LogP contribution in [0.4, 0.5) is 0 Å². The van der Waals surface area contributed by atoms with Crippen LogP contribution in [0.1, 0.15) is 25.3 Å². The predicted octanol–water partition coefficient (Wildman–Crippen LogP) is 4.24. The molecule has 0 unspecified atom stereocenters. The highest BCUT2D eigenvalue weighted by molar-refractivity contribution is 6.42. The Morgan fingerprint density at radius 3 is 2.84 bits per heavy atom. The number of nitriles is 1. The highest BCUT2D eigenvalue weighted by atomic mass is 35.5. The molecule has 0 aromatic heterocycles. The normalized spacial score (nSPS) is 10.9. The Hall–Kier alpha value is -1.50. The lowest BCUT2D eigenvalue weighted by Gasteiger charge is -2.04. The fraction of sp³-hybridized carbons (Fsp3) is 0.286. The molecule has 0 aliphatic carbocycles. The van der Waals surface area contributed by atoms with Crippen molar-refractivity contribution in [3.05, 3.63) is 39.4 Å². The summed E-state index contributed by atoms with van der Waals surface area (Å²) < 4.78 is 4.97. The number of nitrogens with zero attached hydrogens (tertiary/aromatic N) is 1. The average molecular weight is 298 g/mol. The van der Waals surface area contributed by atoms with Gasteiger partial charge in [-0.3, -0.25) is 0 Å². The number of ether oxygens (including phenoxy) is 1. The molecule has 0 saturated carbocycles. The lowest BCUT2D eigenvalue weighted by Crippen LogP contribution is -2.07. The van der Waals surface area contributed by atoms with Gasteiger partial charge in [0, 0.05) is 0 Å². The summed E-state index contributed by atoms with van der Waals surface area (Å²) in [7, 11) is 0. The van der Waals surface area contributed by atoms with Crippen LogP contribution < -0.4 is 0 Å². The number of esters is 1. The molecule has 0 aliphatic heterocycles. The fourth-order valence-electron chi connectivity index (χ4n) is 1.31. The Bertz CT molecular complexity index is 533. The molecule has 100 valence electrons. The van der Waals surface area contributed by atoms with E-state index >= 15 is 0 Å². The molecule has 3 nitrogen and oxygen atoms in total. The minimum absolute atomic E-state index is 0.0970. The zero-order chi connectivity index (χ0) is 14.3. The first-order valence-electron chi connectivity index (χ1n) is 5.83. The summed E-state index contributed by atoms with van der Waals surface area (Å²) in [5, 5.41) is 9.65. The summed E-state index contributed by atoms with van der Waals surface area (Å²) in [4.78, 5) is 11.7. The van der Waals surface area contributed by atoms with Gasteiger partial charge in [-0.15, -0.1) is 0 Å². The van der Waals surface area contributed by atoms with Crippen molar-refractivity contribution < 1.29 is 9.53 Å². The first-order chi connectivity index (χ1) is 9.10. The maximum atomic E-state index is 11.7. The molecule has 1 aromatic rings. The maximum absolute atomic E-state index is 11.7. The lowest BCUT2D eigenvalue weighted by atomic mass is 10.1.